The summed E-state index contributed by atoms with van der Waals surface area (Å²) in [6.45, 7) is 3.16. The zero-order valence-electron chi connectivity index (χ0n) is 10.5. The van der Waals surface area contributed by atoms with Gasteiger partial charge in [-0.25, -0.2) is 0 Å². The van der Waals surface area contributed by atoms with E-state index in [-0.39, 0.29) is 5.91 Å². The number of amides is 1. The third kappa shape index (κ3) is 2.69. The first-order valence-corrected chi connectivity index (χ1v) is 6.14. The molecule has 0 N–H and O–H groups in total. The maximum atomic E-state index is 12.3. The molecule has 1 aromatic rings. The van der Waals surface area contributed by atoms with E-state index in [1.54, 1.807) is 4.90 Å². The molecule has 0 aliphatic carbocycles. The predicted octanol–water partition coefficient (Wildman–Crippen LogP) is 1.07. The highest BCUT2D eigenvalue weighted by molar-refractivity contribution is 5.86. The molecule has 1 atom stereocenters. The van der Waals surface area contributed by atoms with Gasteiger partial charge in [0.1, 0.15) is 5.92 Å². The van der Waals surface area contributed by atoms with E-state index in [0.717, 1.165) is 18.7 Å². The van der Waals surface area contributed by atoms with E-state index in [2.05, 4.69) is 11.0 Å². The van der Waals surface area contributed by atoms with Crippen molar-refractivity contribution in [3.05, 3.63) is 35.9 Å². The van der Waals surface area contributed by atoms with Crippen molar-refractivity contribution in [1.29, 1.82) is 5.26 Å². The fourth-order valence-electron chi connectivity index (χ4n) is 2.13. The minimum atomic E-state index is -0.672. The van der Waals surface area contributed by atoms with Crippen molar-refractivity contribution in [1.82, 2.24) is 9.80 Å². The summed E-state index contributed by atoms with van der Waals surface area (Å²) in [4.78, 5) is 16.3. The average Bonchev–Trinajstić information content (AvgIpc) is 2.41. The number of hydrogen-bond donors (Lipinski definition) is 0. The highest BCUT2D eigenvalue weighted by atomic mass is 16.2. The lowest BCUT2D eigenvalue weighted by Gasteiger charge is -2.33. The van der Waals surface area contributed by atoms with Crippen molar-refractivity contribution < 1.29 is 4.79 Å². The normalized spacial score (nSPS) is 18.1. The quantitative estimate of drug-likeness (QED) is 0.780. The van der Waals surface area contributed by atoms with Crippen LogP contribution in [0.1, 0.15) is 11.5 Å². The molecule has 0 aromatic heterocycles. The van der Waals surface area contributed by atoms with Crippen molar-refractivity contribution in [3.8, 4) is 6.07 Å². The fourth-order valence-corrected chi connectivity index (χ4v) is 2.13. The van der Waals surface area contributed by atoms with Gasteiger partial charge in [0.15, 0.2) is 0 Å². The van der Waals surface area contributed by atoms with Crippen LogP contribution >= 0.6 is 0 Å². The van der Waals surface area contributed by atoms with Crippen LogP contribution < -0.4 is 0 Å². The summed E-state index contributed by atoms with van der Waals surface area (Å²) >= 11 is 0. The van der Waals surface area contributed by atoms with E-state index in [0.29, 0.717) is 13.1 Å². The van der Waals surface area contributed by atoms with Gasteiger partial charge in [0.2, 0.25) is 5.91 Å². The lowest BCUT2D eigenvalue weighted by atomic mass is 9.99. The zero-order chi connectivity index (χ0) is 13.0. The summed E-state index contributed by atoms with van der Waals surface area (Å²) in [5.41, 5.74) is 0.781. The van der Waals surface area contributed by atoms with Crippen LogP contribution in [0.4, 0.5) is 0 Å². The maximum absolute atomic E-state index is 12.3. The lowest BCUT2D eigenvalue weighted by molar-refractivity contribution is -0.133. The number of carbonyl (C=O) groups is 1. The van der Waals surface area contributed by atoms with Crippen molar-refractivity contribution >= 4 is 5.91 Å². The van der Waals surface area contributed by atoms with E-state index < -0.39 is 5.92 Å². The summed E-state index contributed by atoms with van der Waals surface area (Å²) in [7, 11) is 2.04. The molecule has 1 heterocycles. The Balaban J connectivity index is 2.10. The van der Waals surface area contributed by atoms with Crippen LogP contribution in [0.15, 0.2) is 30.3 Å². The molecule has 0 radical (unpaired) electrons. The third-order valence-electron chi connectivity index (χ3n) is 3.32. The second-order valence-corrected chi connectivity index (χ2v) is 4.60. The van der Waals surface area contributed by atoms with Crippen molar-refractivity contribution in [2.45, 2.75) is 5.92 Å². The number of carbonyl (C=O) groups excluding carboxylic acids is 1. The first-order valence-electron chi connectivity index (χ1n) is 6.14. The van der Waals surface area contributed by atoms with Crippen LogP contribution in [-0.4, -0.2) is 48.9 Å². The molecular formula is C14H17N3O. The molecule has 94 valence electrons. The predicted molar refractivity (Wildman–Crippen MR) is 68.9 cm³/mol. The first-order chi connectivity index (χ1) is 8.72. The number of hydrogen-bond acceptors (Lipinski definition) is 3. The summed E-state index contributed by atoms with van der Waals surface area (Å²) in [5.74, 6) is -0.744. The van der Waals surface area contributed by atoms with Crippen LogP contribution in [0.25, 0.3) is 0 Å². The number of rotatable bonds is 2. The summed E-state index contributed by atoms with van der Waals surface area (Å²) in [5, 5.41) is 9.22. The van der Waals surface area contributed by atoms with Crippen LogP contribution in [0, 0.1) is 11.3 Å². The molecule has 1 aliphatic rings. The van der Waals surface area contributed by atoms with Crippen LogP contribution in [0.2, 0.25) is 0 Å². The Labute approximate surface area is 107 Å². The van der Waals surface area contributed by atoms with Gasteiger partial charge in [0.25, 0.3) is 0 Å². The Morgan fingerprint density at radius 1 is 1.22 bits per heavy atom. The molecule has 0 saturated carbocycles. The Bertz CT molecular complexity index is 444. The molecule has 4 nitrogen and oxygen atoms in total. The standard InChI is InChI=1S/C14H17N3O/c1-16-7-9-17(10-8-16)14(18)13(11-15)12-5-3-2-4-6-12/h2-6,13H,7-10H2,1H3. The molecule has 1 amide bonds. The molecule has 1 fully saturated rings. The van der Waals surface area contributed by atoms with Crippen molar-refractivity contribution in [2.24, 2.45) is 0 Å². The number of nitriles is 1. The number of piperazine rings is 1. The van der Waals surface area contributed by atoms with Gasteiger partial charge in [-0.3, -0.25) is 4.79 Å². The van der Waals surface area contributed by atoms with Crippen LogP contribution in [-0.2, 0) is 4.79 Å². The van der Waals surface area contributed by atoms with Gasteiger partial charge in [0, 0.05) is 26.2 Å². The van der Waals surface area contributed by atoms with Gasteiger partial charge in [-0.05, 0) is 12.6 Å². The van der Waals surface area contributed by atoms with E-state index in [1.807, 2.05) is 37.4 Å². The molecule has 1 aliphatic heterocycles. The van der Waals surface area contributed by atoms with Gasteiger partial charge < -0.3 is 9.80 Å². The Morgan fingerprint density at radius 3 is 2.39 bits per heavy atom. The van der Waals surface area contributed by atoms with Crippen LogP contribution in [0.3, 0.4) is 0 Å². The van der Waals surface area contributed by atoms with Crippen LogP contribution in [0.5, 0.6) is 0 Å². The van der Waals surface area contributed by atoms with Gasteiger partial charge in [0.05, 0.1) is 6.07 Å². The minimum Gasteiger partial charge on any atom is -0.339 e. The molecule has 1 saturated heterocycles. The summed E-state index contributed by atoms with van der Waals surface area (Å²) < 4.78 is 0. The SMILES string of the molecule is CN1CCN(C(=O)C(C#N)c2ccccc2)CC1. The Kier molecular flexibility index (Phi) is 3.96. The smallest absolute Gasteiger partial charge is 0.244 e. The molecule has 18 heavy (non-hydrogen) atoms. The second-order valence-electron chi connectivity index (χ2n) is 4.60. The third-order valence-corrected chi connectivity index (χ3v) is 3.32. The minimum absolute atomic E-state index is 0.0724. The Morgan fingerprint density at radius 2 is 1.83 bits per heavy atom. The molecule has 1 unspecified atom stereocenters. The van der Waals surface area contributed by atoms with Gasteiger partial charge in [-0.2, -0.15) is 5.26 Å². The highest BCUT2D eigenvalue weighted by Crippen LogP contribution is 2.18. The summed E-state index contributed by atoms with van der Waals surface area (Å²) in [6.07, 6.45) is 0. The van der Waals surface area contributed by atoms with Gasteiger partial charge in [-0.15, -0.1) is 0 Å². The molecule has 4 heteroatoms. The van der Waals surface area contributed by atoms with Gasteiger partial charge in [-0.1, -0.05) is 30.3 Å². The molecule has 2 rings (SSSR count). The van der Waals surface area contributed by atoms with Gasteiger partial charge >= 0.3 is 0 Å². The maximum Gasteiger partial charge on any atom is 0.244 e. The monoisotopic (exact) mass is 243 g/mol. The van der Waals surface area contributed by atoms with E-state index in [9.17, 15) is 10.1 Å². The largest absolute Gasteiger partial charge is 0.339 e. The second kappa shape index (κ2) is 5.65. The molecule has 1 aromatic carbocycles. The molecular weight excluding hydrogens is 226 g/mol. The topological polar surface area (TPSA) is 47.3 Å². The summed E-state index contributed by atoms with van der Waals surface area (Å²) in [6, 6.07) is 11.4. The number of likely N-dealkylation sites (N-methyl/N-ethyl adjacent to an activating group) is 1. The molecule has 0 spiro atoms. The van der Waals surface area contributed by atoms with Crippen molar-refractivity contribution in [2.75, 3.05) is 33.2 Å². The fraction of sp³-hybridized carbons (Fsp3) is 0.429. The van der Waals surface area contributed by atoms with Crippen molar-refractivity contribution in [3.63, 3.8) is 0 Å². The van der Waals surface area contributed by atoms with E-state index >= 15 is 0 Å². The number of benzene rings is 1. The zero-order valence-corrected chi connectivity index (χ0v) is 10.5. The first kappa shape index (κ1) is 12.6. The Hall–Kier alpha value is -1.86. The number of nitrogens with zero attached hydrogens (tertiary/aromatic N) is 3. The van der Waals surface area contributed by atoms with E-state index in [1.165, 1.54) is 0 Å². The highest BCUT2D eigenvalue weighted by Gasteiger charge is 2.27. The molecule has 0 bridgehead atoms. The lowest BCUT2D eigenvalue weighted by Crippen LogP contribution is -2.48. The average molecular weight is 243 g/mol. The van der Waals surface area contributed by atoms with E-state index in [4.69, 9.17) is 0 Å².